The molecule has 0 unspecified atom stereocenters. The number of nitriles is 1. The summed E-state index contributed by atoms with van der Waals surface area (Å²) in [4.78, 5) is 10.3. The molecule has 4 nitrogen and oxygen atoms in total. The predicted octanol–water partition coefficient (Wildman–Crippen LogP) is -0.727. The number of carbonyl (C=O) groups excluding carboxylic acids is 1. The molecule has 0 aromatic rings. The number of carbonyl (C=O) groups is 1. The third-order valence-electron chi connectivity index (χ3n) is 0.701. The van der Waals surface area contributed by atoms with Crippen molar-refractivity contribution < 1.29 is 9.53 Å². The second-order valence-electron chi connectivity index (χ2n) is 1.34. The first-order chi connectivity index (χ1) is 4.31. The number of nitrogens with zero attached hydrogens (tertiary/aromatic N) is 1. The minimum Gasteiger partial charge on any atom is -0.468 e. The Balaban J connectivity index is 3.09. The Kier molecular flexibility index (Phi) is 4.46. The van der Waals surface area contributed by atoms with Crippen molar-refractivity contribution in [2.45, 2.75) is 0 Å². The summed E-state index contributed by atoms with van der Waals surface area (Å²) in [5.41, 5.74) is 0. The molecule has 0 aromatic carbocycles. The van der Waals surface area contributed by atoms with E-state index in [1.807, 2.05) is 6.07 Å². The molecule has 0 saturated heterocycles. The van der Waals surface area contributed by atoms with E-state index in [0.29, 0.717) is 0 Å². The molecule has 0 aliphatic rings. The topological polar surface area (TPSA) is 62.1 Å². The molecule has 1 N–H and O–H groups in total. The highest BCUT2D eigenvalue weighted by molar-refractivity contribution is 5.71. The van der Waals surface area contributed by atoms with Crippen LogP contribution in [0.5, 0.6) is 0 Å². The lowest BCUT2D eigenvalue weighted by molar-refractivity contribution is -0.139. The Morgan fingerprint density at radius 2 is 2.56 bits per heavy atom. The monoisotopic (exact) mass is 128 g/mol. The number of esters is 1. The smallest absolute Gasteiger partial charge is 0.319 e. The van der Waals surface area contributed by atoms with Crippen LogP contribution >= 0.6 is 0 Å². The first kappa shape index (κ1) is 7.92. The standard InChI is InChI=1S/C5H8N2O2/c1-9-5(8)4-7-3-2-6/h7H,3-4H2,1H3. The van der Waals surface area contributed by atoms with E-state index in [-0.39, 0.29) is 19.1 Å². The van der Waals surface area contributed by atoms with Crippen LogP contribution in [0.15, 0.2) is 0 Å². The molecule has 9 heavy (non-hydrogen) atoms. The van der Waals surface area contributed by atoms with Gasteiger partial charge in [0.05, 0.1) is 26.3 Å². The summed E-state index contributed by atoms with van der Waals surface area (Å²) in [6, 6.07) is 1.83. The molecule has 4 heteroatoms. The van der Waals surface area contributed by atoms with Crippen LogP contribution in [-0.4, -0.2) is 26.2 Å². The van der Waals surface area contributed by atoms with Crippen molar-refractivity contribution in [3.8, 4) is 6.07 Å². The van der Waals surface area contributed by atoms with Crippen molar-refractivity contribution in [3.05, 3.63) is 0 Å². The minimum atomic E-state index is -0.356. The second kappa shape index (κ2) is 5.06. The maximum absolute atomic E-state index is 10.3. The summed E-state index contributed by atoms with van der Waals surface area (Å²) in [7, 11) is 1.30. The highest BCUT2D eigenvalue weighted by Crippen LogP contribution is 1.67. The van der Waals surface area contributed by atoms with Crippen LogP contribution < -0.4 is 5.32 Å². The molecule has 0 aromatic heterocycles. The molecule has 0 rings (SSSR count). The summed E-state index contributed by atoms with van der Waals surface area (Å²) in [5.74, 6) is -0.356. The van der Waals surface area contributed by atoms with Crippen molar-refractivity contribution in [2.75, 3.05) is 20.2 Å². The fraction of sp³-hybridized carbons (Fsp3) is 0.600. The lowest BCUT2D eigenvalue weighted by Crippen LogP contribution is -2.23. The van der Waals surface area contributed by atoms with Gasteiger partial charge in [-0.2, -0.15) is 5.26 Å². The summed E-state index contributed by atoms with van der Waals surface area (Å²) in [6.07, 6.45) is 0. The van der Waals surface area contributed by atoms with Crippen LogP contribution in [0.4, 0.5) is 0 Å². The van der Waals surface area contributed by atoms with Crippen molar-refractivity contribution in [1.82, 2.24) is 5.32 Å². The van der Waals surface area contributed by atoms with E-state index in [0.717, 1.165) is 0 Å². The largest absolute Gasteiger partial charge is 0.468 e. The van der Waals surface area contributed by atoms with E-state index in [1.165, 1.54) is 7.11 Å². The fourth-order valence-electron chi connectivity index (χ4n) is 0.293. The Bertz CT molecular complexity index is 127. The summed E-state index contributed by atoms with van der Waals surface area (Å²) in [6.45, 7) is 0.277. The van der Waals surface area contributed by atoms with Crippen LogP contribution in [-0.2, 0) is 9.53 Å². The molecule has 0 bridgehead atoms. The molecule has 0 heterocycles. The molecule has 0 atom stereocenters. The van der Waals surface area contributed by atoms with Crippen LogP contribution in [0, 0.1) is 11.3 Å². The number of ether oxygens (including phenoxy) is 1. The van der Waals surface area contributed by atoms with Crippen LogP contribution in [0.1, 0.15) is 0 Å². The van der Waals surface area contributed by atoms with E-state index >= 15 is 0 Å². The SMILES string of the molecule is COC(=O)CNCC#N. The van der Waals surface area contributed by atoms with Gasteiger partial charge in [-0.3, -0.25) is 10.1 Å². The first-order valence-corrected chi connectivity index (χ1v) is 2.45. The van der Waals surface area contributed by atoms with Gasteiger partial charge in [-0.05, 0) is 0 Å². The Hall–Kier alpha value is -1.08. The zero-order valence-corrected chi connectivity index (χ0v) is 5.18. The van der Waals surface area contributed by atoms with Crippen molar-refractivity contribution >= 4 is 5.97 Å². The normalized spacial score (nSPS) is 8.00. The quantitative estimate of drug-likeness (QED) is 0.309. The Labute approximate surface area is 53.4 Å². The second-order valence-corrected chi connectivity index (χ2v) is 1.34. The van der Waals surface area contributed by atoms with E-state index in [9.17, 15) is 4.79 Å². The lowest BCUT2D eigenvalue weighted by atomic mass is 10.6. The van der Waals surface area contributed by atoms with Crippen LogP contribution in [0.2, 0.25) is 0 Å². The van der Waals surface area contributed by atoms with Gasteiger partial charge in [-0.25, -0.2) is 0 Å². The van der Waals surface area contributed by atoms with E-state index in [1.54, 1.807) is 0 Å². The summed E-state index contributed by atoms with van der Waals surface area (Å²) >= 11 is 0. The van der Waals surface area contributed by atoms with Gasteiger partial charge in [-0.1, -0.05) is 0 Å². The minimum absolute atomic E-state index is 0.101. The van der Waals surface area contributed by atoms with Crippen LogP contribution in [0.25, 0.3) is 0 Å². The first-order valence-electron chi connectivity index (χ1n) is 2.45. The van der Waals surface area contributed by atoms with Gasteiger partial charge in [0.1, 0.15) is 0 Å². The highest BCUT2D eigenvalue weighted by atomic mass is 16.5. The molecular weight excluding hydrogens is 120 g/mol. The van der Waals surface area contributed by atoms with E-state index < -0.39 is 0 Å². The molecule has 0 aliphatic carbocycles. The number of nitrogens with one attached hydrogen (secondary N) is 1. The maximum Gasteiger partial charge on any atom is 0.319 e. The number of hydrogen-bond acceptors (Lipinski definition) is 4. The van der Waals surface area contributed by atoms with Gasteiger partial charge >= 0.3 is 5.97 Å². The van der Waals surface area contributed by atoms with Gasteiger partial charge in [0.25, 0.3) is 0 Å². The molecule has 0 aliphatic heterocycles. The summed E-state index contributed by atoms with van der Waals surface area (Å²) < 4.78 is 4.29. The molecular formula is C5H8N2O2. The number of rotatable bonds is 3. The molecule has 50 valence electrons. The predicted molar refractivity (Wildman–Crippen MR) is 30.5 cm³/mol. The molecule has 0 spiro atoms. The Morgan fingerprint density at radius 3 is 3.00 bits per heavy atom. The van der Waals surface area contributed by atoms with Crippen molar-refractivity contribution in [3.63, 3.8) is 0 Å². The fourth-order valence-corrected chi connectivity index (χ4v) is 0.293. The lowest BCUT2D eigenvalue weighted by Gasteiger charge is -1.95. The molecule has 0 fully saturated rings. The molecule has 0 radical (unpaired) electrons. The average molecular weight is 128 g/mol. The van der Waals surface area contributed by atoms with E-state index in [2.05, 4.69) is 10.1 Å². The van der Waals surface area contributed by atoms with Gasteiger partial charge in [-0.15, -0.1) is 0 Å². The van der Waals surface area contributed by atoms with Crippen LogP contribution in [0.3, 0.4) is 0 Å². The van der Waals surface area contributed by atoms with Gasteiger partial charge in [0, 0.05) is 0 Å². The zero-order chi connectivity index (χ0) is 7.11. The van der Waals surface area contributed by atoms with Gasteiger partial charge < -0.3 is 4.74 Å². The number of methoxy groups -OCH3 is 1. The Morgan fingerprint density at radius 1 is 1.89 bits per heavy atom. The zero-order valence-electron chi connectivity index (χ0n) is 5.18. The van der Waals surface area contributed by atoms with E-state index in [4.69, 9.17) is 5.26 Å². The molecule has 0 amide bonds. The van der Waals surface area contributed by atoms with Gasteiger partial charge in [0.15, 0.2) is 0 Å². The third-order valence-corrected chi connectivity index (χ3v) is 0.701. The highest BCUT2D eigenvalue weighted by Gasteiger charge is 1.95. The van der Waals surface area contributed by atoms with Gasteiger partial charge in [0.2, 0.25) is 0 Å². The maximum atomic E-state index is 10.3. The van der Waals surface area contributed by atoms with Crippen molar-refractivity contribution in [1.29, 1.82) is 5.26 Å². The summed E-state index contributed by atoms with van der Waals surface area (Å²) in [5, 5.41) is 10.5. The number of hydrogen-bond donors (Lipinski definition) is 1. The van der Waals surface area contributed by atoms with Crippen molar-refractivity contribution in [2.24, 2.45) is 0 Å². The molecule has 0 saturated carbocycles. The average Bonchev–Trinajstić information content (AvgIpc) is 1.89. The third kappa shape index (κ3) is 4.78.